The van der Waals surface area contributed by atoms with Gasteiger partial charge in [0.2, 0.25) is 11.3 Å². The third kappa shape index (κ3) is 6.02. The number of hydrogen-bond donors (Lipinski definition) is 3. The van der Waals surface area contributed by atoms with Crippen molar-refractivity contribution in [2.24, 2.45) is 0 Å². The summed E-state index contributed by atoms with van der Waals surface area (Å²) < 4.78 is 20.5. The van der Waals surface area contributed by atoms with Crippen molar-refractivity contribution in [1.29, 1.82) is 0 Å². The topological polar surface area (TPSA) is 86.6 Å². The van der Waals surface area contributed by atoms with Gasteiger partial charge in [0.15, 0.2) is 0 Å². The summed E-state index contributed by atoms with van der Waals surface area (Å²) in [6.45, 7) is 1.76. The molecule has 0 aliphatic rings. The van der Waals surface area contributed by atoms with Crippen molar-refractivity contribution >= 4 is 17.2 Å². The molecule has 0 aliphatic carbocycles. The summed E-state index contributed by atoms with van der Waals surface area (Å²) in [7, 11) is 0. The zero-order chi connectivity index (χ0) is 9.56. The Morgan fingerprint density at radius 2 is 2.25 bits per heavy atom. The van der Waals surface area contributed by atoms with Crippen molar-refractivity contribution in [2.45, 2.75) is 13.3 Å². The monoisotopic (exact) mass is 193 g/mol. The van der Waals surface area contributed by atoms with Gasteiger partial charge in [0.1, 0.15) is 0 Å². The van der Waals surface area contributed by atoms with Crippen LogP contribution in [0.5, 0.6) is 0 Å². The first-order chi connectivity index (χ1) is 5.54. The predicted octanol–water partition coefficient (Wildman–Crippen LogP) is 0.134. The molecule has 1 atom stereocenters. The van der Waals surface area contributed by atoms with Gasteiger partial charge in [-0.15, -0.1) is 0 Å². The van der Waals surface area contributed by atoms with E-state index in [0.29, 0.717) is 6.42 Å². The van der Waals surface area contributed by atoms with Crippen molar-refractivity contribution in [3.63, 3.8) is 0 Å². The molecular formula is C6H11NO4S. The van der Waals surface area contributed by atoms with Crippen molar-refractivity contribution in [3.8, 4) is 0 Å². The van der Waals surface area contributed by atoms with Crippen LogP contribution in [-0.4, -0.2) is 26.4 Å². The smallest absolute Gasteiger partial charge is 0.330 e. The Bertz CT molecular complexity index is 214. The number of hydrogen-bond acceptors (Lipinski definition) is 2. The first-order valence-electron chi connectivity index (χ1n) is 3.28. The molecule has 0 saturated carbocycles. The fourth-order valence-corrected chi connectivity index (χ4v) is 0.815. The second-order valence-electron chi connectivity index (χ2n) is 2.12. The van der Waals surface area contributed by atoms with E-state index in [1.807, 2.05) is 0 Å². The van der Waals surface area contributed by atoms with Gasteiger partial charge >= 0.3 is 5.97 Å². The van der Waals surface area contributed by atoms with Crippen LogP contribution in [0.4, 0.5) is 0 Å². The SMILES string of the molecule is CC(=CCCNS(=O)O)C(=O)O. The van der Waals surface area contributed by atoms with E-state index in [1.54, 1.807) is 0 Å². The van der Waals surface area contributed by atoms with Gasteiger partial charge in [0, 0.05) is 12.1 Å². The Labute approximate surface area is 72.9 Å². The second-order valence-corrected chi connectivity index (χ2v) is 2.91. The molecule has 5 nitrogen and oxygen atoms in total. The Kier molecular flexibility index (Phi) is 5.52. The quantitative estimate of drug-likeness (QED) is 0.329. The van der Waals surface area contributed by atoms with Gasteiger partial charge in [-0.05, 0) is 13.3 Å². The maximum Gasteiger partial charge on any atom is 0.330 e. The van der Waals surface area contributed by atoms with Gasteiger partial charge in [0.05, 0.1) is 0 Å². The molecule has 0 aromatic rings. The van der Waals surface area contributed by atoms with Crippen LogP contribution in [0.3, 0.4) is 0 Å². The van der Waals surface area contributed by atoms with Crippen LogP contribution in [0, 0.1) is 0 Å². The van der Waals surface area contributed by atoms with Crippen molar-refractivity contribution in [1.82, 2.24) is 4.72 Å². The first kappa shape index (κ1) is 11.3. The molecule has 6 heteroatoms. The minimum absolute atomic E-state index is 0.237. The van der Waals surface area contributed by atoms with Gasteiger partial charge in [0.25, 0.3) is 0 Å². The molecule has 3 N–H and O–H groups in total. The Morgan fingerprint density at radius 1 is 1.67 bits per heavy atom. The van der Waals surface area contributed by atoms with Gasteiger partial charge in [-0.1, -0.05) is 6.08 Å². The molecule has 0 amide bonds. The predicted molar refractivity (Wildman–Crippen MR) is 44.8 cm³/mol. The maximum atomic E-state index is 10.2. The highest BCUT2D eigenvalue weighted by atomic mass is 32.2. The number of rotatable bonds is 5. The fraction of sp³-hybridized carbons (Fsp3) is 0.500. The molecule has 70 valence electrons. The summed E-state index contributed by atoms with van der Waals surface area (Å²) in [5, 5.41) is 8.39. The van der Waals surface area contributed by atoms with Crippen LogP contribution in [-0.2, 0) is 16.1 Å². The minimum Gasteiger partial charge on any atom is -0.478 e. The Hall–Kier alpha value is -0.720. The number of aliphatic carboxylic acids is 1. The number of nitrogens with one attached hydrogen (secondary N) is 1. The molecule has 0 aromatic heterocycles. The van der Waals surface area contributed by atoms with Crippen molar-refractivity contribution in [3.05, 3.63) is 11.6 Å². The van der Waals surface area contributed by atoms with E-state index in [4.69, 9.17) is 9.66 Å². The largest absolute Gasteiger partial charge is 0.478 e. The van der Waals surface area contributed by atoms with Crippen LogP contribution >= 0.6 is 0 Å². The third-order valence-corrected chi connectivity index (χ3v) is 1.61. The highest BCUT2D eigenvalue weighted by molar-refractivity contribution is 7.77. The molecule has 0 rings (SSSR count). The van der Waals surface area contributed by atoms with E-state index >= 15 is 0 Å². The molecule has 0 heterocycles. The lowest BCUT2D eigenvalue weighted by Gasteiger charge is -1.95. The summed E-state index contributed by atoms with van der Waals surface area (Å²) in [5.41, 5.74) is 0.237. The second kappa shape index (κ2) is 5.87. The van der Waals surface area contributed by atoms with Crippen LogP contribution in [0.1, 0.15) is 13.3 Å². The van der Waals surface area contributed by atoms with Crippen molar-refractivity contribution < 1.29 is 18.7 Å². The molecule has 0 saturated heterocycles. The van der Waals surface area contributed by atoms with E-state index < -0.39 is 17.2 Å². The molecule has 0 spiro atoms. The summed E-state index contributed by atoms with van der Waals surface area (Å²) in [6.07, 6.45) is 1.91. The Balaban J connectivity index is 3.60. The van der Waals surface area contributed by atoms with Gasteiger partial charge < -0.3 is 5.11 Å². The standard InChI is InChI=1S/C6H11NO4S/c1-5(6(8)9)3-2-4-7-12(10)11/h3,7H,2,4H2,1H3,(H,8,9)(H,10,11). The van der Waals surface area contributed by atoms with E-state index in [-0.39, 0.29) is 12.1 Å². The number of carboxylic acid groups (broad SMARTS) is 1. The van der Waals surface area contributed by atoms with Crippen LogP contribution in [0.2, 0.25) is 0 Å². The molecule has 0 fully saturated rings. The summed E-state index contributed by atoms with van der Waals surface area (Å²) >= 11 is -2.02. The lowest BCUT2D eigenvalue weighted by atomic mass is 10.2. The fourth-order valence-electron chi connectivity index (χ4n) is 0.522. The molecule has 0 aromatic carbocycles. The highest BCUT2D eigenvalue weighted by Crippen LogP contribution is 1.93. The molecule has 0 bridgehead atoms. The number of carbonyl (C=O) groups is 1. The zero-order valence-corrected chi connectivity index (χ0v) is 7.43. The Morgan fingerprint density at radius 3 is 2.67 bits per heavy atom. The van der Waals surface area contributed by atoms with E-state index in [0.717, 1.165) is 0 Å². The third-order valence-electron chi connectivity index (χ3n) is 1.16. The maximum absolute atomic E-state index is 10.2. The van der Waals surface area contributed by atoms with E-state index in [1.165, 1.54) is 13.0 Å². The van der Waals surface area contributed by atoms with Gasteiger partial charge in [-0.3, -0.25) is 4.55 Å². The molecule has 0 aliphatic heterocycles. The zero-order valence-electron chi connectivity index (χ0n) is 6.61. The molecule has 1 unspecified atom stereocenters. The lowest BCUT2D eigenvalue weighted by molar-refractivity contribution is -0.132. The van der Waals surface area contributed by atoms with Crippen LogP contribution in [0.15, 0.2) is 11.6 Å². The average Bonchev–Trinajstić information content (AvgIpc) is 1.97. The molecule has 0 radical (unpaired) electrons. The average molecular weight is 193 g/mol. The highest BCUT2D eigenvalue weighted by Gasteiger charge is 1.97. The molecule has 12 heavy (non-hydrogen) atoms. The molecular weight excluding hydrogens is 182 g/mol. The number of carboxylic acids is 1. The van der Waals surface area contributed by atoms with Gasteiger partial charge in [-0.2, -0.15) is 0 Å². The van der Waals surface area contributed by atoms with Gasteiger partial charge in [-0.25, -0.2) is 13.7 Å². The first-order valence-corrected chi connectivity index (χ1v) is 4.39. The van der Waals surface area contributed by atoms with E-state index in [9.17, 15) is 9.00 Å². The van der Waals surface area contributed by atoms with E-state index in [2.05, 4.69) is 4.72 Å². The lowest BCUT2D eigenvalue weighted by Crippen LogP contribution is -2.16. The minimum atomic E-state index is -2.02. The summed E-state index contributed by atoms with van der Waals surface area (Å²) in [4.78, 5) is 10.2. The summed E-state index contributed by atoms with van der Waals surface area (Å²) in [6, 6.07) is 0. The van der Waals surface area contributed by atoms with Crippen LogP contribution in [0.25, 0.3) is 0 Å². The normalized spacial score (nSPS) is 14.3. The van der Waals surface area contributed by atoms with Crippen molar-refractivity contribution in [2.75, 3.05) is 6.54 Å². The summed E-state index contributed by atoms with van der Waals surface area (Å²) in [5.74, 6) is -0.972. The van der Waals surface area contributed by atoms with Crippen LogP contribution < -0.4 is 4.72 Å².